The Morgan fingerprint density at radius 2 is 1.79 bits per heavy atom. The van der Waals surface area contributed by atoms with Gasteiger partial charge in [0.2, 0.25) is 0 Å². The van der Waals surface area contributed by atoms with Gasteiger partial charge in [-0.1, -0.05) is 24.4 Å². The fourth-order valence-corrected chi connectivity index (χ4v) is 1.94. The highest BCUT2D eigenvalue weighted by Crippen LogP contribution is 2.18. The molecule has 1 aromatic rings. The summed E-state index contributed by atoms with van der Waals surface area (Å²) in [5.41, 5.74) is 0. The highest BCUT2D eigenvalue weighted by Gasteiger charge is 2.10. The summed E-state index contributed by atoms with van der Waals surface area (Å²) < 4.78 is 0. The number of aromatic nitrogens is 2. The van der Waals surface area contributed by atoms with Crippen molar-refractivity contribution in [3.8, 4) is 0 Å². The van der Waals surface area contributed by atoms with Crippen LogP contribution in [0.15, 0.2) is 12.4 Å². The SMILES string of the molecule is Clc1cc(N2CCCCCC2)ncn1. The molecule has 1 saturated heterocycles. The summed E-state index contributed by atoms with van der Waals surface area (Å²) in [6, 6.07) is 1.84. The summed E-state index contributed by atoms with van der Waals surface area (Å²) in [5, 5.41) is 0.527. The summed E-state index contributed by atoms with van der Waals surface area (Å²) in [6.07, 6.45) is 6.69. The smallest absolute Gasteiger partial charge is 0.134 e. The van der Waals surface area contributed by atoms with Crippen molar-refractivity contribution in [2.24, 2.45) is 0 Å². The van der Waals surface area contributed by atoms with E-state index in [0.29, 0.717) is 5.15 Å². The van der Waals surface area contributed by atoms with Gasteiger partial charge >= 0.3 is 0 Å². The van der Waals surface area contributed by atoms with Crippen LogP contribution in [0, 0.1) is 0 Å². The summed E-state index contributed by atoms with van der Waals surface area (Å²) in [4.78, 5) is 10.4. The summed E-state index contributed by atoms with van der Waals surface area (Å²) >= 11 is 5.83. The van der Waals surface area contributed by atoms with Gasteiger partial charge in [-0.05, 0) is 12.8 Å². The fraction of sp³-hybridized carbons (Fsp3) is 0.600. The topological polar surface area (TPSA) is 29.0 Å². The van der Waals surface area contributed by atoms with Crippen molar-refractivity contribution in [1.29, 1.82) is 0 Å². The fourth-order valence-electron chi connectivity index (χ4n) is 1.80. The minimum atomic E-state index is 0.527. The van der Waals surface area contributed by atoms with Crippen molar-refractivity contribution in [2.75, 3.05) is 18.0 Å². The van der Waals surface area contributed by atoms with Crippen LogP contribution in [0.3, 0.4) is 0 Å². The van der Waals surface area contributed by atoms with Gasteiger partial charge in [0.05, 0.1) is 0 Å². The van der Waals surface area contributed by atoms with E-state index in [-0.39, 0.29) is 0 Å². The number of rotatable bonds is 1. The van der Waals surface area contributed by atoms with Crippen molar-refractivity contribution in [3.05, 3.63) is 17.5 Å². The molecule has 2 heterocycles. The number of hydrogen-bond acceptors (Lipinski definition) is 3. The zero-order valence-electron chi connectivity index (χ0n) is 8.12. The van der Waals surface area contributed by atoms with E-state index in [1.165, 1.54) is 32.0 Å². The second-order valence-electron chi connectivity index (χ2n) is 3.60. The maximum atomic E-state index is 5.83. The van der Waals surface area contributed by atoms with Crippen LogP contribution in [-0.4, -0.2) is 23.1 Å². The molecule has 1 fully saturated rings. The van der Waals surface area contributed by atoms with Crippen LogP contribution in [0.5, 0.6) is 0 Å². The average Bonchev–Trinajstić information content (AvgIpc) is 2.45. The van der Waals surface area contributed by atoms with Crippen LogP contribution < -0.4 is 4.90 Å². The van der Waals surface area contributed by atoms with E-state index < -0.39 is 0 Å². The summed E-state index contributed by atoms with van der Waals surface area (Å²) in [6.45, 7) is 2.18. The van der Waals surface area contributed by atoms with Gasteiger partial charge in [-0.15, -0.1) is 0 Å². The Morgan fingerprint density at radius 1 is 1.07 bits per heavy atom. The maximum absolute atomic E-state index is 5.83. The molecule has 0 unspecified atom stereocenters. The van der Waals surface area contributed by atoms with E-state index in [0.717, 1.165) is 18.9 Å². The number of nitrogens with zero attached hydrogens (tertiary/aromatic N) is 3. The van der Waals surface area contributed by atoms with E-state index in [1.807, 2.05) is 6.07 Å². The Bertz CT molecular complexity index is 295. The highest BCUT2D eigenvalue weighted by atomic mass is 35.5. The normalized spacial score (nSPS) is 17.9. The van der Waals surface area contributed by atoms with Gasteiger partial charge in [0.25, 0.3) is 0 Å². The first-order valence-electron chi connectivity index (χ1n) is 5.09. The van der Waals surface area contributed by atoms with Gasteiger partial charge < -0.3 is 4.90 Å². The van der Waals surface area contributed by atoms with Crippen molar-refractivity contribution in [1.82, 2.24) is 9.97 Å². The van der Waals surface area contributed by atoms with Crippen LogP contribution in [0.4, 0.5) is 5.82 Å². The second-order valence-corrected chi connectivity index (χ2v) is 3.99. The maximum Gasteiger partial charge on any atom is 0.134 e. The molecular formula is C10H14ClN3. The van der Waals surface area contributed by atoms with Crippen molar-refractivity contribution in [3.63, 3.8) is 0 Å². The highest BCUT2D eigenvalue weighted by molar-refractivity contribution is 6.29. The lowest BCUT2D eigenvalue weighted by molar-refractivity contribution is 0.726. The van der Waals surface area contributed by atoms with Crippen LogP contribution >= 0.6 is 11.6 Å². The third-order valence-corrected chi connectivity index (χ3v) is 2.76. The standard InChI is InChI=1S/C10H14ClN3/c11-9-7-10(13-8-12-9)14-5-3-1-2-4-6-14/h7-8H,1-6H2. The van der Waals surface area contributed by atoms with Crippen LogP contribution in [-0.2, 0) is 0 Å². The molecular weight excluding hydrogens is 198 g/mol. The quantitative estimate of drug-likeness (QED) is 0.669. The molecule has 1 aliphatic heterocycles. The van der Waals surface area contributed by atoms with Crippen LogP contribution in [0.2, 0.25) is 5.15 Å². The predicted molar refractivity (Wildman–Crippen MR) is 57.7 cm³/mol. The Labute approximate surface area is 89.1 Å². The molecule has 0 amide bonds. The molecule has 3 nitrogen and oxygen atoms in total. The molecule has 0 spiro atoms. The molecule has 1 aliphatic rings. The first kappa shape index (κ1) is 9.71. The second kappa shape index (κ2) is 4.60. The minimum Gasteiger partial charge on any atom is -0.356 e. The molecule has 0 aromatic carbocycles. The zero-order valence-corrected chi connectivity index (χ0v) is 8.87. The molecule has 0 N–H and O–H groups in total. The predicted octanol–water partition coefficient (Wildman–Crippen LogP) is 2.51. The van der Waals surface area contributed by atoms with Crippen LogP contribution in [0.25, 0.3) is 0 Å². The molecule has 76 valence electrons. The molecule has 0 saturated carbocycles. The summed E-state index contributed by atoms with van der Waals surface area (Å²) in [7, 11) is 0. The van der Waals surface area contributed by atoms with E-state index in [9.17, 15) is 0 Å². The number of anilines is 1. The lowest BCUT2D eigenvalue weighted by atomic mass is 10.2. The molecule has 0 bridgehead atoms. The number of halogens is 1. The first-order chi connectivity index (χ1) is 6.86. The minimum absolute atomic E-state index is 0.527. The third-order valence-electron chi connectivity index (χ3n) is 2.55. The monoisotopic (exact) mass is 211 g/mol. The van der Waals surface area contributed by atoms with E-state index >= 15 is 0 Å². The van der Waals surface area contributed by atoms with E-state index in [4.69, 9.17) is 11.6 Å². The van der Waals surface area contributed by atoms with Crippen molar-refractivity contribution >= 4 is 17.4 Å². The Kier molecular flexibility index (Phi) is 3.19. The van der Waals surface area contributed by atoms with Gasteiger partial charge in [0.15, 0.2) is 0 Å². The molecule has 0 atom stereocenters. The molecule has 2 rings (SSSR count). The third kappa shape index (κ3) is 2.35. The Morgan fingerprint density at radius 3 is 2.43 bits per heavy atom. The van der Waals surface area contributed by atoms with Gasteiger partial charge in [0, 0.05) is 19.2 Å². The molecule has 0 aliphatic carbocycles. The Hall–Kier alpha value is -0.830. The lowest BCUT2D eigenvalue weighted by Crippen LogP contribution is -2.24. The van der Waals surface area contributed by atoms with Crippen molar-refractivity contribution in [2.45, 2.75) is 25.7 Å². The lowest BCUT2D eigenvalue weighted by Gasteiger charge is -2.20. The van der Waals surface area contributed by atoms with E-state index in [2.05, 4.69) is 14.9 Å². The molecule has 4 heteroatoms. The molecule has 14 heavy (non-hydrogen) atoms. The van der Waals surface area contributed by atoms with Gasteiger partial charge in [-0.25, -0.2) is 9.97 Å². The average molecular weight is 212 g/mol. The zero-order chi connectivity index (χ0) is 9.80. The summed E-state index contributed by atoms with van der Waals surface area (Å²) in [5.74, 6) is 0.965. The Balaban J connectivity index is 2.12. The van der Waals surface area contributed by atoms with Crippen LogP contribution in [0.1, 0.15) is 25.7 Å². The first-order valence-corrected chi connectivity index (χ1v) is 5.46. The molecule has 0 radical (unpaired) electrons. The molecule has 1 aromatic heterocycles. The van der Waals surface area contributed by atoms with E-state index in [1.54, 1.807) is 0 Å². The van der Waals surface area contributed by atoms with Gasteiger partial charge in [-0.3, -0.25) is 0 Å². The van der Waals surface area contributed by atoms with Gasteiger partial charge in [-0.2, -0.15) is 0 Å². The van der Waals surface area contributed by atoms with Gasteiger partial charge in [0.1, 0.15) is 17.3 Å². The van der Waals surface area contributed by atoms with Crippen molar-refractivity contribution < 1.29 is 0 Å². The largest absolute Gasteiger partial charge is 0.356 e. The number of hydrogen-bond donors (Lipinski definition) is 0.